The van der Waals surface area contributed by atoms with Gasteiger partial charge in [0.2, 0.25) is 5.91 Å². The highest BCUT2D eigenvalue weighted by atomic mass is 79.9. The maximum absolute atomic E-state index is 11.8. The van der Waals surface area contributed by atoms with Gasteiger partial charge in [0.1, 0.15) is 0 Å². The molecule has 1 unspecified atom stereocenters. The van der Waals surface area contributed by atoms with Crippen molar-refractivity contribution in [2.45, 2.75) is 19.0 Å². The smallest absolute Gasteiger partial charge is 0.234 e. The van der Waals surface area contributed by atoms with Crippen LogP contribution in [0.15, 0.2) is 28.7 Å². The largest absolute Gasteiger partial charge is 0.351 e. The maximum atomic E-state index is 11.8. The van der Waals surface area contributed by atoms with Gasteiger partial charge >= 0.3 is 0 Å². The summed E-state index contributed by atoms with van der Waals surface area (Å²) >= 11 is 3.46. The Morgan fingerprint density at radius 3 is 2.94 bits per heavy atom. The van der Waals surface area contributed by atoms with Crippen LogP contribution in [0.4, 0.5) is 0 Å². The minimum atomic E-state index is 0.0554. The standard InChI is InChI=1S/C13H18BrN3O/c14-12-4-2-1-3-10(12)7-16-13(18)9-17-6-5-11(15)8-17/h1-4,11H,5-9,15H2,(H,16,18). The Labute approximate surface area is 116 Å². The van der Waals surface area contributed by atoms with Crippen LogP contribution in [0, 0.1) is 0 Å². The molecule has 1 saturated heterocycles. The molecule has 4 nitrogen and oxygen atoms in total. The normalized spacial score (nSPS) is 20.0. The summed E-state index contributed by atoms with van der Waals surface area (Å²) in [6.45, 7) is 2.74. The van der Waals surface area contributed by atoms with Crippen molar-refractivity contribution >= 4 is 21.8 Å². The maximum Gasteiger partial charge on any atom is 0.234 e. The fourth-order valence-corrected chi connectivity index (χ4v) is 2.53. The third-order valence-electron chi connectivity index (χ3n) is 3.11. The van der Waals surface area contributed by atoms with E-state index in [9.17, 15) is 4.79 Å². The van der Waals surface area contributed by atoms with Gasteiger partial charge in [0.05, 0.1) is 6.54 Å². The van der Waals surface area contributed by atoms with Crippen molar-refractivity contribution in [1.82, 2.24) is 10.2 Å². The van der Waals surface area contributed by atoms with E-state index in [1.165, 1.54) is 0 Å². The zero-order valence-electron chi connectivity index (χ0n) is 10.2. The van der Waals surface area contributed by atoms with E-state index < -0.39 is 0 Å². The van der Waals surface area contributed by atoms with E-state index in [-0.39, 0.29) is 11.9 Å². The van der Waals surface area contributed by atoms with Crippen molar-refractivity contribution in [3.8, 4) is 0 Å². The zero-order chi connectivity index (χ0) is 13.0. The van der Waals surface area contributed by atoms with Crippen LogP contribution < -0.4 is 11.1 Å². The molecule has 1 aliphatic heterocycles. The topological polar surface area (TPSA) is 58.4 Å². The second-order valence-electron chi connectivity index (χ2n) is 4.65. The van der Waals surface area contributed by atoms with Crippen molar-refractivity contribution in [3.63, 3.8) is 0 Å². The number of carbonyl (C=O) groups is 1. The molecule has 1 fully saturated rings. The predicted molar refractivity (Wildman–Crippen MR) is 75.0 cm³/mol. The molecule has 18 heavy (non-hydrogen) atoms. The van der Waals surface area contributed by atoms with Crippen molar-refractivity contribution < 1.29 is 4.79 Å². The fraction of sp³-hybridized carbons (Fsp3) is 0.462. The van der Waals surface area contributed by atoms with E-state index in [4.69, 9.17) is 5.73 Å². The molecule has 98 valence electrons. The van der Waals surface area contributed by atoms with Crippen molar-refractivity contribution in [3.05, 3.63) is 34.3 Å². The third-order valence-corrected chi connectivity index (χ3v) is 3.88. The lowest BCUT2D eigenvalue weighted by Crippen LogP contribution is -2.37. The molecule has 1 atom stereocenters. The number of carbonyl (C=O) groups excluding carboxylic acids is 1. The Bertz CT molecular complexity index is 424. The third kappa shape index (κ3) is 3.80. The van der Waals surface area contributed by atoms with Gasteiger partial charge in [0.15, 0.2) is 0 Å². The van der Waals surface area contributed by atoms with E-state index in [1.54, 1.807) is 0 Å². The van der Waals surface area contributed by atoms with Gasteiger partial charge in [0, 0.05) is 30.1 Å². The molecule has 0 saturated carbocycles. The molecule has 2 rings (SSSR count). The van der Waals surface area contributed by atoms with Crippen LogP contribution in [0.2, 0.25) is 0 Å². The first-order valence-electron chi connectivity index (χ1n) is 6.13. The lowest BCUT2D eigenvalue weighted by molar-refractivity contribution is -0.122. The molecule has 0 aromatic heterocycles. The Morgan fingerprint density at radius 2 is 2.28 bits per heavy atom. The fourth-order valence-electron chi connectivity index (χ4n) is 2.10. The summed E-state index contributed by atoms with van der Waals surface area (Å²) in [5, 5.41) is 2.93. The Kier molecular flexibility index (Phi) is 4.74. The highest BCUT2D eigenvalue weighted by molar-refractivity contribution is 9.10. The highest BCUT2D eigenvalue weighted by Gasteiger charge is 2.20. The number of halogens is 1. The molecule has 1 amide bonds. The monoisotopic (exact) mass is 311 g/mol. The minimum Gasteiger partial charge on any atom is -0.351 e. The van der Waals surface area contributed by atoms with Crippen LogP contribution in [0.5, 0.6) is 0 Å². The molecule has 1 aromatic carbocycles. The van der Waals surface area contributed by atoms with Crippen LogP contribution in [0.3, 0.4) is 0 Å². The number of hydrogen-bond acceptors (Lipinski definition) is 3. The first-order chi connectivity index (χ1) is 8.65. The van der Waals surface area contributed by atoms with Gasteiger partial charge in [-0.15, -0.1) is 0 Å². The lowest BCUT2D eigenvalue weighted by Gasteiger charge is -2.14. The molecule has 1 aromatic rings. The quantitative estimate of drug-likeness (QED) is 0.875. The van der Waals surface area contributed by atoms with Gasteiger partial charge in [-0.1, -0.05) is 34.1 Å². The van der Waals surface area contributed by atoms with Crippen LogP contribution in [-0.2, 0) is 11.3 Å². The number of benzene rings is 1. The Hall–Kier alpha value is -0.910. The Morgan fingerprint density at radius 1 is 1.50 bits per heavy atom. The van der Waals surface area contributed by atoms with Crippen LogP contribution in [0.25, 0.3) is 0 Å². The van der Waals surface area contributed by atoms with E-state index in [2.05, 4.69) is 26.1 Å². The van der Waals surface area contributed by atoms with E-state index in [0.29, 0.717) is 13.1 Å². The molecule has 0 radical (unpaired) electrons. The van der Waals surface area contributed by atoms with Gasteiger partial charge in [-0.25, -0.2) is 0 Å². The minimum absolute atomic E-state index is 0.0554. The molecular weight excluding hydrogens is 294 g/mol. The molecule has 5 heteroatoms. The zero-order valence-corrected chi connectivity index (χ0v) is 11.8. The van der Waals surface area contributed by atoms with Gasteiger partial charge in [-0.2, -0.15) is 0 Å². The van der Waals surface area contributed by atoms with E-state index in [1.807, 2.05) is 24.3 Å². The lowest BCUT2D eigenvalue weighted by atomic mass is 10.2. The van der Waals surface area contributed by atoms with Crippen molar-refractivity contribution in [2.24, 2.45) is 5.73 Å². The second kappa shape index (κ2) is 6.31. The summed E-state index contributed by atoms with van der Waals surface area (Å²) in [7, 11) is 0. The Balaban J connectivity index is 1.77. The molecule has 1 aliphatic rings. The second-order valence-corrected chi connectivity index (χ2v) is 5.51. The van der Waals surface area contributed by atoms with Gasteiger partial charge in [-0.3, -0.25) is 9.69 Å². The first kappa shape index (κ1) is 13.5. The predicted octanol–water partition coefficient (Wildman–Crippen LogP) is 1.10. The number of nitrogens with zero attached hydrogens (tertiary/aromatic N) is 1. The summed E-state index contributed by atoms with van der Waals surface area (Å²) in [4.78, 5) is 13.9. The van der Waals surface area contributed by atoms with Gasteiger partial charge in [-0.05, 0) is 18.1 Å². The van der Waals surface area contributed by atoms with Crippen molar-refractivity contribution in [2.75, 3.05) is 19.6 Å². The summed E-state index contributed by atoms with van der Waals surface area (Å²) < 4.78 is 1.02. The molecule has 0 spiro atoms. The molecule has 1 heterocycles. The summed E-state index contributed by atoms with van der Waals surface area (Å²) in [6, 6.07) is 8.12. The number of nitrogens with two attached hydrogens (primary N) is 1. The van der Waals surface area contributed by atoms with Crippen LogP contribution >= 0.6 is 15.9 Å². The van der Waals surface area contributed by atoms with Crippen LogP contribution in [0.1, 0.15) is 12.0 Å². The molecular formula is C13H18BrN3O. The SMILES string of the molecule is NC1CCN(CC(=O)NCc2ccccc2Br)C1. The number of amides is 1. The average Bonchev–Trinajstić information content (AvgIpc) is 2.74. The van der Waals surface area contributed by atoms with Crippen molar-refractivity contribution in [1.29, 1.82) is 0 Å². The van der Waals surface area contributed by atoms with E-state index >= 15 is 0 Å². The van der Waals surface area contributed by atoms with E-state index in [0.717, 1.165) is 29.5 Å². The number of hydrogen-bond donors (Lipinski definition) is 2. The van der Waals surface area contributed by atoms with Crippen LogP contribution in [-0.4, -0.2) is 36.5 Å². The number of likely N-dealkylation sites (tertiary alicyclic amines) is 1. The first-order valence-corrected chi connectivity index (χ1v) is 6.92. The summed E-state index contributed by atoms with van der Waals surface area (Å²) in [5.41, 5.74) is 6.89. The van der Waals surface area contributed by atoms with Gasteiger partial charge < -0.3 is 11.1 Å². The van der Waals surface area contributed by atoms with Gasteiger partial charge in [0.25, 0.3) is 0 Å². The highest BCUT2D eigenvalue weighted by Crippen LogP contribution is 2.15. The number of nitrogens with one attached hydrogen (secondary N) is 1. The summed E-state index contributed by atoms with van der Waals surface area (Å²) in [6.07, 6.45) is 0.984. The molecule has 0 bridgehead atoms. The summed E-state index contributed by atoms with van der Waals surface area (Å²) in [5.74, 6) is 0.0554. The number of rotatable bonds is 4. The molecule has 0 aliphatic carbocycles. The average molecular weight is 312 g/mol. The molecule has 3 N–H and O–H groups in total.